The molecule has 35 heavy (non-hydrogen) atoms. The molecule has 10 heteroatoms. The molecule has 0 saturated carbocycles. The Morgan fingerprint density at radius 3 is 2.06 bits per heavy atom. The molecule has 0 amide bonds. The van der Waals surface area contributed by atoms with Crippen LogP contribution in [0.5, 0.6) is 0 Å². The molecule has 0 spiro atoms. The minimum Gasteiger partial charge on any atom is -0.334 e. The molecule has 1 heterocycles. The van der Waals surface area contributed by atoms with Gasteiger partial charge in [0, 0.05) is 11.1 Å². The first kappa shape index (κ1) is 23.4. The second kappa shape index (κ2) is 9.64. The Morgan fingerprint density at radius 2 is 1.51 bits per heavy atom. The standard InChI is InChI=1S/C25H17F3N4O3/c26-25(27,28)19-13-11-16(12-14-19)21-23(18-9-5-2-6-10-18)30-31-24(21)29-22(20(15-33)32(34)35)17-7-3-1-4-8-17/h1-15H,(H2,29,30,31)/b22-20+. The summed E-state index contributed by atoms with van der Waals surface area (Å²) in [6.07, 6.45) is -4.38. The molecule has 0 bridgehead atoms. The van der Waals surface area contributed by atoms with Gasteiger partial charge in [0.15, 0.2) is 0 Å². The van der Waals surface area contributed by atoms with Gasteiger partial charge in [-0.15, -0.1) is 0 Å². The Bertz CT molecular complexity index is 1380. The third kappa shape index (κ3) is 4.96. The van der Waals surface area contributed by atoms with E-state index in [0.29, 0.717) is 27.9 Å². The third-order valence-electron chi connectivity index (χ3n) is 5.19. The Kier molecular flexibility index (Phi) is 6.45. The van der Waals surface area contributed by atoms with Crippen molar-refractivity contribution in [1.29, 1.82) is 0 Å². The average molecular weight is 478 g/mol. The lowest BCUT2D eigenvalue weighted by Gasteiger charge is -2.13. The number of nitrogens with one attached hydrogen (secondary N) is 2. The highest BCUT2D eigenvalue weighted by molar-refractivity contribution is 5.95. The molecule has 176 valence electrons. The molecular weight excluding hydrogens is 461 g/mol. The number of nitro groups is 1. The summed E-state index contributed by atoms with van der Waals surface area (Å²) in [5, 5.41) is 21.6. The van der Waals surface area contributed by atoms with E-state index in [1.165, 1.54) is 12.1 Å². The summed E-state index contributed by atoms with van der Waals surface area (Å²) in [4.78, 5) is 22.4. The number of carbonyl (C=O) groups excluding carboxylic acids is 1. The van der Waals surface area contributed by atoms with Crippen LogP contribution in [0.2, 0.25) is 0 Å². The normalized spacial score (nSPS) is 12.1. The zero-order chi connectivity index (χ0) is 25.0. The number of anilines is 1. The van der Waals surface area contributed by atoms with Crippen LogP contribution in [0.25, 0.3) is 28.1 Å². The van der Waals surface area contributed by atoms with Crippen molar-refractivity contribution >= 4 is 17.8 Å². The lowest BCUT2D eigenvalue weighted by atomic mass is 9.99. The van der Waals surface area contributed by atoms with Crippen LogP contribution in [0.1, 0.15) is 11.1 Å². The Labute approximate surface area is 197 Å². The molecule has 0 fully saturated rings. The van der Waals surface area contributed by atoms with Gasteiger partial charge in [-0.25, -0.2) is 0 Å². The van der Waals surface area contributed by atoms with Crippen LogP contribution >= 0.6 is 0 Å². The first-order chi connectivity index (χ1) is 16.8. The quantitative estimate of drug-likeness (QED) is 0.146. The predicted octanol–water partition coefficient (Wildman–Crippen LogP) is 6.02. The predicted molar refractivity (Wildman–Crippen MR) is 125 cm³/mol. The van der Waals surface area contributed by atoms with Crippen molar-refractivity contribution in [1.82, 2.24) is 10.2 Å². The highest BCUT2D eigenvalue weighted by atomic mass is 19.4. The number of aromatic amines is 1. The molecule has 0 atom stereocenters. The molecule has 7 nitrogen and oxygen atoms in total. The number of allylic oxidation sites excluding steroid dienone is 1. The van der Waals surface area contributed by atoms with Gasteiger partial charge in [-0.05, 0) is 17.7 Å². The van der Waals surface area contributed by atoms with Crippen LogP contribution in [-0.4, -0.2) is 21.4 Å². The van der Waals surface area contributed by atoms with Crippen LogP contribution in [0.15, 0.2) is 90.6 Å². The van der Waals surface area contributed by atoms with Gasteiger partial charge in [0.2, 0.25) is 6.29 Å². The van der Waals surface area contributed by atoms with Crippen LogP contribution < -0.4 is 5.32 Å². The number of hydrogen-bond acceptors (Lipinski definition) is 5. The Hall–Kier alpha value is -4.73. The van der Waals surface area contributed by atoms with Crippen molar-refractivity contribution < 1.29 is 22.9 Å². The molecule has 0 saturated heterocycles. The fraction of sp³-hybridized carbons (Fsp3) is 0.0400. The maximum atomic E-state index is 13.1. The molecular formula is C25H17F3N4O3. The number of hydrogen-bond donors (Lipinski definition) is 2. The number of rotatable bonds is 7. The van der Waals surface area contributed by atoms with Gasteiger partial charge in [-0.3, -0.25) is 20.0 Å². The molecule has 3 aromatic carbocycles. The maximum Gasteiger partial charge on any atom is 0.416 e. The van der Waals surface area contributed by atoms with Crippen molar-refractivity contribution in [3.63, 3.8) is 0 Å². The minimum absolute atomic E-state index is 0.0953. The first-order valence-corrected chi connectivity index (χ1v) is 10.3. The topological polar surface area (TPSA) is 101 Å². The fourth-order valence-corrected chi connectivity index (χ4v) is 3.55. The summed E-state index contributed by atoms with van der Waals surface area (Å²) in [6.45, 7) is 0. The lowest BCUT2D eigenvalue weighted by molar-refractivity contribution is -0.416. The van der Waals surface area contributed by atoms with Crippen molar-refractivity contribution in [3.05, 3.63) is 112 Å². The number of aldehydes is 1. The molecule has 2 N–H and O–H groups in total. The second-order valence-electron chi connectivity index (χ2n) is 7.39. The number of benzene rings is 3. The summed E-state index contributed by atoms with van der Waals surface area (Å²) in [5.41, 5.74) is 0.576. The Balaban J connectivity index is 1.90. The van der Waals surface area contributed by atoms with Gasteiger partial charge in [0.1, 0.15) is 17.2 Å². The van der Waals surface area contributed by atoms with Gasteiger partial charge in [0.05, 0.1) is 16.1 Å². The molecule has 0 radical (unpaired) electrons. The molecule has 0 aliphatic heterocycles. The van der Waals surface area contributed by atoms with E-state index in [1.54, 1.807) is 60.7 Å². The number of aromatic nitrogens is 2. The van der Waals surface area contributed by atoms with Crippen molar-refractivity contribution in [2.24, 2.45) is 0 Å². The summed E-state index contributed by atoms with van der Waals surface area (Å²) in [7, 11) is 0. The zero-order valence-corrected chi connectivity index (χ0v) is 17.9. The van der Waals surface area contributed by atoms with Gasteiger partial charge in [-0.1, -0.05) is 72.8 Å². The third-order valence-corrected chi connectivity index (χ3v) is 5.19. The van der Waals surface area contributed by atoms with Crippen LogP contribution in [0.3, 0.4) is 0 Å². The molecule has 0 unspecified atom stereocenters. The van der Waals surface area contributed by atoms with Gasteiger partial charge in [0.25, 0.3) is 0 Å². The van der Waals surface area contributed by atoms with Crippen molar-refractivity contribution in [2.45, 2.75) is 6.18 Å². The summed E-state index contributed by atoms with van der Waals surface area (Å²) < 4.78 is 39.3. The maximum absolute atomic E-state index is 13.1. The summed E-state index contributed by atoms with van der Waals surface area (Å²) in [5.74, 6) is 0.170. The number of carbonyl (C=O) groups is 1. The van der Waals surface area contributed by atoms with E-state index in [2.05, 4.69) is 15.5 Å². The average Bonchev–Trinajstić information content (AvgIpc) is 3.28. The summed E-state index contributed by atoms with van der Waals surface area (Å²) >= 11 is 0. The highest BCUT2D eigenvalue weighted by Gasteiger charge is 2.30. The monoisotopic (exact) mass is 478 g/mol. The van der Waals surface area contributed by atoms with Crippen molar-refractivity contribution in [3.8, 4) is 22.4 Å². The van der Waals surface area contributed by atoms with E-state index >= 15 is 0 Å². The Morgan fingerprint density at radius 1 is 0.914 bits per heavy atom. The molecule has 4 aromatic rings. The summed E-state index contributed by atoms with van der Waals surface area (Å²) in [6, 6.07) is 21.6. The van der Waals surface area contributed by atoms with Crippen molar-refractivity contribution in [2.75, 3.05) is 5.32 Å². The van der Waals surface area contributed by atoms with Crippen LogP contribution in [-0.2, 0) is 11.0 Å². The molecule has 4 rings (SSSR count). The first-order valence-electron chi connectivity index (χ1n) is 10.3. The van der Waals surface area contributed by atoms with E-state index in [0.717, 1.165) is 12.1 Å². The number of halogens is 3. The van der Waals surface area contributed by atoms with Crippen LogP contribution in [0, 0.1) is 10.1 Å². The van der Waals surface area contributed by atoms with Gasteiger partial charge >= 0.3 is 11.9 Å². The van der Waals surface area contributed by atoms with E-state index in [-0.39, 0.29) is 17.8 Å². The van der Waals surface area contributed by atoms with E-state index in [1.807, 2.05) is 0 Å². The fourth-order valence-electron chi connectivity index (χ4n) is 3.55. The minimum atomic E-state index is -4.51. The highest BCUT2D eigenvalue weighted by Crippen LogP contribution is 2.39. The smallest absolute Gasteiger partial charge is 0.334 e. The SMILES string of the molecule is O=C/C(=C(\Nc1[nH]nc(-c2ccccc2)c1-c1ccc(C(F)(F)F)cc1)c1ccccc1)[N+](=O)[O-]. The van der Waals surface area contributed by atoms with E-state index in [4.69, 9.17) is 0 Å². The largest absolute Gasteiger partial charge is 0.416 e. The molecule has 1 aromatic heterocycles. The number of alkyl halides is 3. The molecule has 0 aliphatic carbocycles. The van der Waals surface area contributed by atoms with E-state index < -0.39 is 22.4 Å². The number of H-pyrrole nitrogens is 1. The zero-order valence-electron chi connectivity index (χ0n) is 17.9. The number of nitrogens with zero attached hydrogens (tertiary/aromatic N) is 2. The second-order valence-corrected chi connectivity index (χ2v) is 7.39. The lowest BCUT2D eigenvalue weighted by Crippen LogP contribution is -2.11. The van der Waals surface area contributed by atoms with Gasteiger partial charge < -0.3 is 5.32 Å². The van der Waals surface area contributed by atoms with Gasteiger partial charge in [-0.2, -0.15) is 18.3 Å². The molecule has 0 aliphatic rings. The van der Waals surface area contributed by atoms with E-state index in [9.17, 15) is 28.1 Å². The van der Waals surface area contributed by atoms with Crippen LogP contribution in [0.4, 0.5) is 19.0 Å².